The molecule has 0 spiro atoms. The standard InChI is InChI=1S/2C12H20O.C6H10O4/c2*1-2-4-9(5-3-1)10-6-7-11-12(8-10)13-11;7-5(8)3-1-2-4-6(9)10/h2*9-12H,1-8H2;1-4H2,(H,7,8)(H,9,10). The number of fused-ring (bicyclic) bond motifs is 2. The molecule has 4 aliphatic carbocycles. The van der Waals surface area contributed by atoms with E-state index in [-0.39, 0.29) is 12.8 Å². The zero-order chi connectivity index (χ0) is 25.3. The first-order valence-corrected chi connectivity index (χ1v) is 15.2. The molecule has 36 heavy (non-hydrogen) atoms. The smallest absolute Gasteiger partial charge is 0.303 e. The molecule has 0 amide bonds. The van der Waals surface area contributed by atoms with Crippen LogP contribution in [0, 0.1) is 23.7 Å². The summed E-state index contributed by atoms with van der Waals surface area (Å²) in [6, 6.07) is 0. The monoisotopic (exact) mass is 506 g/mol. The molecule has 6 nitrogen and oxygen atoms in total. The van der Waals surface area contributed by atoms with Crippen molar-refractivity contribution >= 4 is 11.9 Å². The van der Waals surface area contributed by atoms with Gasteiger partial charge in [-0.3, -0.25) is 9.59 Å². The van der Waals surface area contributed by atoms with E-state index in [4.69, 9.17) is 19.7 Å². The highest BCUT2D eigenvalue weighted by atomic mass is 16.6. The van der Waals surface area contributed by atoms with Gasteiger partial charge in [-0.2, -0.15) is 0 Å². The molecule has 6 fully saturated rings. The van der Waals surface area contributed by atoms with E-state index in [0.717, 1.165) is 23.7 Å². The van der Waals surface area contributed by atoms with Crippen LogP contribution in [-0.2, 0) is 19.1 Å². The van der Waals surface area contributed by atoms with Crippen molar-refractivity contribution < 1.29 is 29.3 Å². The van der Waals surface area contributed by atoms with Gasteiger partial charge in [0.25, 0.3) is 0 Å². The third-order valence-electron chi connectivity index (χ3n) is 9.75. The van der Waals surface area contributed by atoms with Crippen LogP contribution in [0.25, 0.3) is 0 Å². The summed E-state index contributed by atoms with van der Waals surface area (Å²) in [7, 11) is 0. The van der Waals surface area contributed by atoms with Crippen molar-refractivity contribution in [2.75, 3.05) is 0 Å². The number of carboxylic acid groups (broad SMARTS) is 2. The van der Waals surface area contributed by atoms with Crippen LogP contribution >= 0.6 is 0 Å². The number of epoxide rings is 2. The van der Waals surface area contributed by atoms with E-state index >= 15 is 0 Å². The molecule has 6 atom stereocenters. The van der Waals surface area contributed by atoms with Gasteiger partial charge in [0.15, 0.2) is 0 Å². The van der Waals surface area contributed by atoms with Crippen molar-refractivity contribution in [3.8, 4) is 0 Å². The first-order chi connectivity index (χ1) is 17.5. The van der Waals surface area contributed by atoms with Crippen molar-refractivity contribution in [2.24, 2.45) is 23.7 Å². The number of rotatable bonds is 7. The van der Waals surface area contributed by atoms with Gasteiger partial charge < -0.3 is 19.7 Å². The van der Waals surface area contributed by atoms with E-state index in [0.29, 0.717) is 37.3 Å². The Morgan fingerprint density at radius 3 is 1.22 bits per heavy atom. The molecule has 6 aliphatic rings. The molecule has 6 heteroatoms. The molecule has 2 saturated heterocycles. The number of unbranched alkanes of at least 4 members (excludes halogenated alkanes) is 1. The minimum absolute atomic E-state index is 0.0628. The van der Waals surface area contributed by atoms with Crippen molar-refractivity contribution in [1.29, 1.82) is 0 Å². The second kappa shape index (κ2) is 14.1. The molecule has 2 N–H and O–H groups in total. The first kappa shape index (κ1) is 27.9. The van der Waals surface area contributed by atoms with Gasteiger partial charge in [0.2, 0.25) is 0 Å². The van der Waals surface area contributed by atoms with Gasteiger partial charge in [0.1, 0.15) is 0 Å². The van der Waals surface area contributed by atoms with E-state index < -0.39 is 11.9 Å². The Kier molecular flexibility index (Phi) is 10.9. The Balaban J connectivity index is 0.000000129. The van der Waals surface area contributed by atoms with Crippen molar-refractivity contribution in [3.63, 3.8) is 0 Å². The second-order valence-electron chi connectivity index (χ2n) is 12.4. The topological polar surface area (TPSA) is 99.7 Å². The first-order valence-electron chi connectivity index (χ1n) is 15.2. The molecular weight excluding hydrogens is 456 g/mol. The van der Waals surface area contributed by atoms with Gasteiger partial charge in [0.05, 0.1) is 24.4 Å². The fraction of sp³-hybridized carbons (Fsp3) is 0.933. The van der Waals surface area contributed by atoms with Crippen molar-refractivity contribution in [1.82, 2.24) is 0 Å². The molecule has 2 aliphatic heterocycles. The normalized spacial score (nSPS) is 35.6. The fourth-order valence-electron chi connectivity index (χ4n) is 7.49. The predicted molar refractivity (Wildman–Crippen MR) is 139 cm³/mol. The summed E-state index contributed by atoms with van der Waals surface area (Å²) < 4.78 is 11.2. The fourth-order valence-corrected chi connectivity index (χ4v) is 7.49. The zero-order valence-electron chi connectivity index (χ0n) is 22.3. The van der Waals surface area contributed by atoms with E-state index in [9.17, 15) is 9.59 Å². The average Bonchev–Trinajstić information content (AvgIpc) is 3.82. The molecule has 2 heterocycles. The highest BCUT2D eigenvalue weighted by Gasteiger charge is 2.46. The maximum atomic E-state index is 9.90. The van der Waals surface area contributed by atoms with E-state index in [1.54, 1.807) is 0 Å². The molecule has 206 valence electrons. The summed E-state index contributed by atoms with van der Waals surface area (Å²) in [5, 5.41) is 16.3. The Labute approximate surface area is 217 Å². The molecular formula is C30H50O6. The maximum Gasteiger partial charge on any atom is 0.303 e. The van der Waals surface area contributed by atoms with Crippen molar-refractivity contribution in [3.05, 3.63) is 0 Å². The predicted octanol–water partition coefficient (Wildman–Crippen LogP) is 6.98. The SMILES string of the molecule is C1CCC(C2CCC3OC3C2)CC1.C1CCC(C2CCC3OC3C2)CC1.O=C(O)CCCCC(=O)O. The average molecular weight is 507 g/mol. The van der Waals surface area contributed by atoms with Gasteiger partial charge in [-0.05, 0) is 75.0 Å². The lowest BCUT2D eigenvalue weighted by Gasteiger charge is -2.31. The number of hydrogen-bond acceptors (Lipinski definition) is 4. The summed E-state index contributed by atoms with van der Waals surface area (Å²) in [6.45, 7) is 0. The number of ether oxygens (including phenoxy) is 2. The van der Waals surface area contributed by atoms with Crippen LogP contribution < -0.4 is 0 Å². The van der Waals surface area contributed by atoms with Gasteiger partial charge in [-0.25, -0.2) is 0 Å². The summed E-state index contributed by atoms with van der Waals surface area (Å²) in [4.78, 5) is 19.8. The third kappa shape index (κ3) is 9.31. The van der Waals surface area contributed by atoms with Crippen LogP contribution in [0.1, 0.15) is 128 Å². The van der Waals surface area contributed by atoms with Crippen molar-refractivity contribution in [2.45, 2.75) is 153 Å². The third-order valence-corrected chi connectivity index (χ3v) is 9.75. The lowest BCUT2D eigenvalue weighted by atomic mass is 9.73. The molecule has 0 bridgehead atoms. The van der Waals surface area contributed by atoms with E-state index in [1.807, 2.05) is 0 Å². The molecule has 6 rings (SSSR count). The lowest BCUT2D eigenvalue weighted by molar-refractivity contribution is -0.139. The van der Waals surface area contributed by atoms with Gasteiger partial charge in [-0.1, -0.05) is 64.2 Å². The van der Waals surface area contributed by atoms with Crippen LogP contribution in [0.15, 0.2) is 0 Å². The number of hydrogen-bond donors (Lipinski definition) is 2. The highest BCUT2D eigenvalue weighted by Crippen LogP contribution is 2.46. The molecule has 6 unspecified atom stereocenters. The number of carbonyl (C=O) groups is 2. The highest BCUT2D eigenvalue weighted by molar-refractivity contribution is 5.67. The second-order valence-corrected chi connectivity index (χ2v) is 12.4. The van der Waals surface area contributed by atoms with Gasteiger partial charge in [-0.15, -0.1) is 0 Å². The number of carboxylic acids is 2. The summed E-state index contributed by atoms with van der Waals surface area (Å²) >= 11 is 0. The zero-order valence-corrected chi connectivity index (χ0v) is 22.3. The van der Waals surface area contributed by atoms with Crippen LogP contribution in [-0.4, -0.2) is 46.6 Å². The quantitative estimate of drug-likeness (QED) is 0.285. The number of aliphatic carboxylic acids is 2. The summed E-state index contributed by atoms with van der Waals surface area (Å²) in [5.74, 6) is 2.46. The summed E-state index contributed by atoms with van der Waals surface area (Å²) in [5.41, 5.74) is 0. The molecule has 4 saturated carbocycles. The molecule has 0 aromatic rings. The van der Waals surface area contributed by atoms with Crippen LogP contribution in [0.2, 0.25) is 0 Å². The Morgan fingerprint density at radius 1 is 0.500 bits per heavy atom. The minimum atomic E-state index is -0.870. The van der Waals surface area contributed by atoms with Crippen LogP contribution in [0.3, 0.4) is 0 Å². The molecule has 0 radical (unpaired) electrons. The van der Waals surface area contributed by atoms with Gasteiger partial charge >= 0.3 is 11.9 Å². The van der Waals surface area contributed by atoms with E-state index in [1.165, 1.54) is 103 Å². The summed E-state index contributed by atoms with van der Waals surface area (Å²) in [6.07, 6.45) is 27.3. The Morgan fingerprint density at radius 2 is 0.889 bits per heavy atom. The maximum absolute atomic E-state index is 9.90. The Hall–Kier alpha value is -1.14. The van der Waals surface area contributed by atoms with Crippen LogP contribution in [0.4, 0.5) is 0 Å². The van der Waals surface area contributed by atoms with Crippen LogP contribution in [0.5, 0.6) is 0 Å². The minimum Gasteiger partial charge on any atom is -0.481 e. The molecule has 0 aromatic carbocycles. The lowest BCUT2D eigenvalue weighted by Crippen LogP contribution is -2.23. The Bertz CT molecular complexity index is 625. The van der Waals surface area contributed by atoms with E-state index in [2.05, 4.69) is 0 Å². The van der Waals surface area contributed by atoms with Gasteiger partial charge in [0, 0.05) is 12.8 Å². The largest absolute Gasteiger partial charge is 0.481 e. The molecule has 0 aromatic heterocycles.